The Morgan fingerprint density at radius 2 is 2.11 bits per heavy atom. The molecule has 2 amide bonds. The normalized spacial score (nSPS) is 18.3. The van der Waals surface area contributed by atoms with Gasteiger partial charge in [0.05, 0.1) is 6.54 Å². The smallest absolute Gasteiger partial charge is 0.254 e. The Balaban J connectivity index is 1.81. The van der Waals surface area contributed by atoms with Crippen molar-refractivity contribution in [1.29, 1.82) is 0 Å². The number of benzene rings is 1. The maximum Gasteiger partial charge on any atom is 0.254 e. The number of hydrogen-bond donors (Lipinski definition) is 2. The third kappa shape index (κ3) is 2.41. The molecule has 0 unspecified atom stereocenters. The molecule has 1 aromatic carbocycles. The lowest BCUT2D eigenvalue weighted by Gasteiger charge is -2.19. The van der Waals surface area contributed by atoms with Crippen LogP contribution in [0.3, 0.4) is 0 Å². The Hall–Kier alpha value is -2.04. The summed E-state index contributed by atoms with van der Waals surface area (Å²) >= 11 is 0. The summed E-state index contributed by atoms with van der Waals surface area (Å²) in [7, 11) is 0. The number of nitrogens with zero attached hydrogens (tertiary/aromatic N) is 1. The highest BCUT2D eigenvalue weighted by Crippen LogP contribution is 2.24. The predicted molar refractivity (Wildman–Crippen MR) is 72.2 cm³/mol. The summed E-state index contributed by atoms with van der Waals surface area (Å²) in [5.74, 6) is -0.140. The van der Waals surface area contributed by atoms with Gasteiger partial charge in [-0.1, -0.05) is 6.07 Å². The summed E-state index contributed by atoms with van der Waals surface area (Å²) in [5.41, 5.74) is 2.96. The fourth-order valence-electron chi connectivity index (χ4n) is 2.59. The molecule has 0 radical (unpaired) electrons. The van der Waals surface area contributed by atoms with E-state index >= 15 is 0 Å². The zero-order chi connectivity index (χ0) is 13.2. The summed E-state index contributed by atoms with van der Waals surface area (Å²) in [6.45, 7) is 2.36. The van der Waals surface area contributed by atoms with E-state index in [2.05, 4.69) is 10.6 Å². The summed E-state index contributed by atoms with van der Waals surface area (Å²) in [6.07, 6.45) is 1.82. The average molecular weight is 259 g/mol. The van der Waals surface area contributed by atoms with Gasteiger partial charge in [0.25, 0.3) is 5.91 Å². The number of fused-ring (bicyclic) bond motifs is 1. The van der Waals surface area contributed by atoms with Crippen molar-refractivity contribution in [3.8, 4) is 0 Å². The van der Waals surface area contributed by atoms with Crippen LogP contribution in [0.1, 0.15) is 22.3 Å². The van der Waals surface area contributed by atoms with Gasteiger partial charge in [-0.2, -0.15) is 0 Å². The molecular weight excluding hydrogens is 242 g/mol. The van der Waals surface area contributed by atoms with Crippen LogP contribution in [0.15, 0.2) is 18.2 Å². The zero-order valence-electron chi connectivity index (χ0n) is 10.7. The van der Waals surface area contributed by atoms with Crippen molar-refractivity contribution >= 4 is 17.5 Å². The van der Waals surface area contributed by atoms with E-state index in [0.29, 0.717) is 18.7 Å². The number of carbonyl (C=O) groups is 2. The van der Waals surface area contributed by atoms with Crippen LogP contribution in [-0.2, 0) is 11.2 Å². The van der Waals surface area contributed by atoms with Gasteiger partial charge < -0.3 is 15.5 Å². The molecular formula is C14H17N3O2. The number of hydrogen-bond acceptors (Lipinski definition) is 3. The van der Waals surface area contributed by atoms with Gasteiger partial charge in [0, 0.05) is 30.9 Å². The highest BCUT2D eigenvalue weighted by molar-refractivity contribution is 5.97. The number of amides is 2. The van der Waals surface area contributed by atoms with Crippen molar-refractivity contribution in [2.75, 3.05) is 31.5 Å². The van der Waals surface area contributed by atoms with Gasteiger partial charge in [0.2, 0.25) is 5.91 Å². The molecule has 0 bridgehead atoms. The molecule has 0 spiro atoms. The first-order chi connectivity index (χ1) is 9.24. The van der Waals surface area contributed by atoms with Crippen LogP contribution >= 0.6 is 0 Å². The highest BCUT2D eigenvalue weighted by Gasteiger charge is 2.22. The zero-order valence-corrected chi connectivity index (χ0v) is 10.7. The second kappa shape index (κ2) is 4.91. The molecule has 2 aliphatic rings. The number of rotatable bonds is 1. The van der Waals surface area contributed by atoms with Crippen molar-refractivity contribution in [3.05, 3.63) is 29.3 Å². The van der Waals surface area contributed by atoms with Gasteiger partial charge in [0.1, 0.15) is 0 Å². The number of nitrogens with one attached hydrogen (secondary N) is 2. The van der Waals surface area contributed by atoms with Crippen molar-refractivity contribution in [2.24, 2.45) is 0 Å². The fourth-order valence-corrected chi connectivity index (χ4v) is 2.59. The van der Waals surface area contributed by atoms with Gasteiger partial charge in [-0.15, -0.1) is 0 Å². The first kappa shape index (κ1) is 12.0. The van der Waals surface area contributed by atoms with Gasteiger partial charge >= 0.3 is 0 Å². The fraction of sp³-hybridized carbons (Fsp3) is 0.429. The molecule has 0 aromatic heterocycles. The largest absolute Gasteiger partial charge is 0.384 e. The monoisotopic (exact) mass is 259 g/mol. The van der Waals surface area contributed by atoms with Gasteiger partial charge in [0.15, 0.2) is 0 Å². The summed E-state index contributed by atoms with van der Waals surface area (Å²) < 4.78 is 0. The summed E-state index contributed by atoms with van der Waals surface area (Å²) in [6, 6.07) is 5.75. The Kier molecular flexibility index (Phi) is 3.11. The molecule has 2 aliphatic heterocycles. The lowest BCUT2D eigenvalue weighted by Crippen LogP contribution is -2.37. The topological polar surface area (TPSA) is 61.4 Å². The number of carbonyl (C=O) groups excluding carboxylic acids is 2. The second-order valence-corrected chi connectivity index (χ2v) is 4.98. The van der Waals surface area contributed by atoms with E-state index in [4.69, 9.17) is 0 Å². The molecule has 1 aromatic rings. The third-order valence-corrected chi connectivity index (χ3v) is 3.62. The highest BCUT2D eigenvalue weighted by atomic mass is 16.2. The first-order valence-electron chi connectivity index (χ1n) is 6.67. The molecule has 1 saturated heterocycles. The molecule has 0 aliphatic carbocycles. The predicted octanol–water partition coefficient (Wildman–Crippen LogP) is 0.617. The molecule has 5 heteroatoms. The van der Waals surface area contributed by atoms with Crippen LogP contribution in [0.4, 0.5) is 5.69 Å². The molecule has 0 saturated carbocycles. The quantitative estimate of drug-likeness (QED) is 0.777. The maximum absolute atomic E-state index is 12.4. The summed E-state index contributed by atoms with van der Waals surface area (Å²) in [4.78, 5) is 25.5. The van der Waals surface area contributed by atoms with Gasteiger partial charge in [-0.25, -0.2) is 0 Å². The molecule has 1 fully saturated rings. The Labute approximate surface area is 112 Å². The van der Waals surface area contributed by atoms with Crippen molar-refractivity contribution < 1.29 is 9.59 Å². The van der Waals surface area contributed by atoms with E-state index in [1.165, 1.54) is 5.56 Å². The van der Waals surface area contributed by atoms with E-state index in [0.717, 1.165) is 25.1 Å². The van der Waals surface area contributed by atoms with Crippen molar-refractivity contribution in [1.82, 2.24) is 10.2 Å². The molecule has 100 valence electrons. The SMILES string of the molecule is O=C1CN(C(=O)c2ccc3c(c2)NCC3)CCCN1. The Morgan fingerprint density at radius 1 is 1.21 bits per heavy atom. The minimum absolute atomic E-state index is 0.0615. The Morgan fingerprint density at radius 3 is 3.00 bits per heavy atom. The molecule has 2 N–H and O–H groups in total. The van der Waals surface area contributed by atoms with E-state index in [1.54, 1.807) is 4.90 Å². The van der Waals surface area contributed by atoms with E-state index < -0.39 is 0 Å². The molecule has 19 heavy (non-hydrogen) atoms. The van der Waals surface area contributed by atoms with Crippen LogP contribution in [0, 0.1) is 0 Å². The minimum Gasteiger partial charge on any atom is -0.384 e. The van der Waals surface area contributed by atoms with Crippen molar-refractivity contribution in [2.45, 2.75) is 12.8 Å². The molecule has 0 atom stereocenters. The Bertz CT molecular complexity index is 527. The van der Waals surface area contributed by atoms with Crippen LogP contribution in [0.2, 0.25) is 0 Å². The minimum atomic E-state index is -0.0786. The van der Waals surface area contributed by atoms with Crippen molar-refractivity contribution in [3.63, 3.8) is 0 Å². The molecule has 5 nitrogen and oxygen atoms in total. The number of anilines is 1. The second-order valence-electron chi connectivity index (χ2n) is 4.98. The summed E-state index contributed by atoms with van der Waals surface area (Å²) in [5, 5.41) is 6.05. The lowest BCUT2D eigenvalue weighted by molar-refractivity contribution is -0.121. The van der Waals surface area contributed by atoms with Gasteiger partial charge in [-0.05, 0) is 30.5 Å². The third-order valence-electron chi connectivity index (χ3n) is 3.62. The van der Waals surface area contributed by atoms with Crippen LogP contribution in [0.5, 0.6) is 0 Å². The standard InChI is InChI=1S/C14H17N3O2/c18-13-9-17(7-1-5-16-13)14(19)11-3-2-10-4-6-15-12(10)8-11/h2-3,8,15H,1,4-7,9H2,(H,16,18). The lowest BCUT2D eigenvalue weighted by atomic mass is 10.1. The van der Waals surface area contributed by atoms with Gasteiger partial charge in [-0.3, -0.25) is 9.59 Å². The van der Waals surface area contributed by atoms with E-state index in [9.17, 15) is 9.59 Å². The maximum atomic E-state index is 12.4. The molecule has 3 rings (SSSR count). The first-order valence-corrected chi connectivity index (χ1v) is 6.67. The molecule has 2 heterocycles. The van der Waals surface area contributed by atoms with Crippen LogP contribution < -0.4 is 10.6 Å². The average Bonchev–Trinajstić information content (AvgIpc) is 2.78. The van der Waals surface area contributed by atoms with Crippen LogP contribution in [0.25, 0.3) is 0 Å². The van der Waals surface area contributed by atoms with E-state index in [1.807, 2.05) is 18.2 Å². The van der Waals surface area contributed by atoms with E-state index in [-0.39, 0.29) is 18.4 Å². The van der Waals surface area contributed by atoms with Crippen LogP contribution in [-0.4, -0.2) is 42.9 Å².